The number of carbonyl (C=O) groups is 1. The molecule has 4 heterocycles. The van der Waals surface area contributed by atoms with Gasteiger partial charge in [-0.1, -0.05) is 32.0 Å². The normalized spacial score (nSPS) is 14.6. The highest BCUT2D eigenvalue weighted by Crippen LogP contribution is 2.19. The van der Waals surface area contributed by atoms with Gasteiger partial charge in [0.15, 0.2) is 5.65 Å². The van der Waals surface area contributed by atoms with E-state index >= 15 is 0 Å². The van der Waals surface area contributed by atoms with E-state index in [0.29, 0.717) is 12.2 Å². The van der Waals surface area contributed by atoms with Gasteiger partial charge in [-0.15, -0.1) is 5.10 Å². The highest BCUT2D eigenvalue weighted by molar-refractivity contribution is 5.92. The smallest absolute Gasteiger partial charge is 0.270 e. The molecule has 1 saturated heterocycles. The van der Waals surface area contributed by atoms with Gasteiger partial charge in [0, 0.05) is 19.1 Å². The van der Waals surface area contributed by atoms with Crippen LogP contribution in [-0.4, -0.2) is 49.7 Å². The molecule has 1 amide bonds. The number of nitrogens with one attached hydrogen (secondary N) is 1. The Kier molecular flexibility index (Phi) is 8.50. The van der Waals surface area contributed by atoms with Crippen molar-refractivity contribution >= 4 is 17.4 Å². The maximum atomic E-state index is 12.2. The van der Waals surface area contributed by atoms with E-state index in [2.05, 4.69) is 25.3 Å². The number of carbonyl (C=O) groups excluding carboxylic acids is 1. The van der Waals surface area contributed by atoms with Crippen molar-refractivity contribution in [1.82, 2.24) is 24.9 Å². The van der Waals surface area contributed by atoms with Gasteiger partial charge in [0.2, 0.25) is 0 Å². The number of rotatable bonds is 3. The Balaban J connectivity index is 0.000000306. The number of anilines is 1. The third-order valence-corrected chi connectivity index (χ3v) is 5.08. The Morgan fingerprint density at radius 1 is 1.06 bits per heavy atom. The summed E-state index contributed by atoms with van der Waals surface area (Å²) in [6.45, 7) is 7.48. The van der Waals surface area contributed by atoms with Crippen LogP contribution in [0.3, 0.4) is 0 Å². The number of fused-ring (bicyclic) bond motifs is 1. The molecule has 0 radical (unpaired) electrons. The van der Waals surface area contributed by atoms with Crippen LogP contribution < -0.4 is 10.2 Å². The molecular formula is C25H29FN6O2. The average molecular weight is 465 g/mol. The van der Waals surface area contributed by atoms with E-state index in [1.807, 2.05) is 37.4 Å². The van der Waals surface area contributed by atoms with Crippen molar-refractivity contribution < 1.29 is 14.3 Å². The Bertz CT molecular complexity index is 1200. The highest BCUT2D eigenvalue weighted by Gasteiger charge is 2.26. The summed E-state index contributed by atoms with van der Waals surface area (Å²) in [5, 5.41) is 16.9. The highest BCUT2D eigenvalue weighted by atomic mass is 19.1. The molecule has 9 heteroatoms. The van der Waals surface area contributed by atoms with E-state index in [1.54, 1.807) is 24.4 Å². The van der Waals surface area contributed by atoms with Crippen LogP contribution in [0.1, 0.15) is 36.5 Å². The summed E-state index contributed by atoms with van der Waals surface area (Å²) in [6, 6.07) is 14.8. The van der Waals surface area contributed by atoms with Gasteiger partial charge in [-0.3, -0.25) is 4.79 Å². The number of pyridine rings is 1. The number of imidazole rings is 1. The summed E-state index contributed by atoms with van der Waals surface area (Å²) >= 11 is 0. The van der Waals surface area contributed by atoms with Crippen LogP contribution in [0.5, 0.6) is 5.75 Å². The third-order valence-electron chi connectivity index (χ3n) is 5.08. The maximum absolute atomic E-state index is 12.2. The van der Waals surface area contributed by atoms with Crippen LogP contribution in [0.15, 0.2) is 67.0 Å². The molecule has 4 aromatic rings. The van der Waals surface area contributed by atoms with Crippen LogP contribution in [0.4, 0.5) is 10.2 Å². The van der Waals surface area contributed by atoms with Gasteiger partial charge in [0.1, 0.15) is 23.1 Å². The fourth-order valence-electron chi connectivity index (χ4n) is 3.43. The predicted octanol–water partition coefficient (Wildman–Crippen LogP) is 4.00. The van der Waals surface area contributed by atoms with Gasteiger partial charge in [-0.2, -0.15) is 0 Å². The zero-order valence-corrected chi connectivity index (χ0v) is 19.5. The Labute approximate surface area is 198 Å². The molecule has 1 fully saturated rings. The van der Waals surface area contributed by atoms with Crippen LogP contribution in [-0.2, 0) is 0 Å². The van der Waals surface area contributed by atoms with E-state index in [1.165, 1.54) is 30.5 Å². The summed E-state index contributed by atoms with van der Waals surface area (Å²) in [5.41, 5.74) is 2.10. The maximum Gasteiger partial charge on any atom is 0.270 e. The molecule has 0 saturated carbocycles. The number of halogens is 1. The number of amides is 1. The topological polar surface area (TPSA) is 95.7 Å². The minimum atomic E-state index is -0.235. The van der Waals surface area contributed by atoms with E-state index in [4.69, 9.17) is 0 Å². The number of nitrogens with zero attached hydrogens (tertiary/aromatic N) is 5. The summed E-state index contributed by atoms with van der Waals surface area (Å²) in [6.07, 6.45) is 3.90. The second-order valence-electron chi connectivity index (χ2n) is 7.46. The predicted molar refractivity (Wildman–Crippen MR) is 129 cm³/mol. The molecule has 1 aliphatic heterocycles. The first-order valence-electron chi connectivity index (χ1n) is 11.2. The van der Waals surface area contributed by atoms with Gasteiger partial charge >= 0.3 is 0 Å². The number of hydrogen-bond donors (Lipinski definition) is 2. The first kappa shape index (κ1) is 24.6. The Hall–Kier alpha value is -4.01. The van der Waals surface area contributed by atoms with Crippen molar-refractivity contribution in [2.75, 3.05) is 18.0 Å². The molecule has 1 aromatic carbocycles. The van der Waals surface area contributed by atoms with Gasteiger partial charge in [-0.25, -0.2) is 18.9 Å². The lowest BCUT2D eigenvalue weighted by molar-refractivity contribution is 0.0935. The number of aromatic nitrogens is 4. The molecular weight excluding hydrogens is 435 g/mol. The molecule has 0 bridgehead atoms. The fourth-order valence-corrected chi connectivity index (χ4v) is 3.43. The fraction of sp³-hybridized carbons (Fsp3) is 0.280. The van der Waals surface area contributed by atoms with E-state index in [9.17, 15) is 14.3 Å². The Morgan fingerprint density at radius 3 is 2.47 bits per heavy atom. The number of benzene rings is 1. The lowest BCUT2D eigenvalue weighted by Crippen LogP contribution is -2.37. The number of hydrogen-bond acceptors (Lipinski definition) is 6. The second-order valence-corrected chi connectivity index (χ2v) is 7.46. The van der Waals surface area contributed by atoms with Crippen LogP contribution in [0.2, 0.25) is 0 Å². The Morgan fingerprint density at radius 2 is 1.82 bits per heavy atom. The summed E-state index contributed by atoms with van der Waals surface area (Å²) in [7, 11) is 0. The molecule has 2 N–H and O–H groups in total. The van der Waals surface area contributed by atoms with Crippen LogP contribution in [0.25, 0.3) is 5.65 Å². The minimum Gasteiger partial charge on any atom is -0.506 e. The molecule has 1 atom stereocenters. The molecule has 178 valence electrons. The van der Waals surface area contributed by atoms with E-state index in [0.717, 1.165) is 30.1 Å². The first-order valence-corrected chi connectivity index (χ1v) is 11.2. The minimum absolute atomic E-state index is 0.0319. The quantitative estimate of drug-likeness (QED) is 0.476. The zero-order valence-electron chi connectivity index (χ0n) is 19.5. The number of aromatic hydroxyl groups is 1. The van der Waals surface area contributed by atoms with Crippen LogP contribution in [0, 0.1) is 12.7 Å². The van der Waals surface area contributed by atoms with Gasteiger partial charge in [0.05, 0.1) is 18.1 Å². The number of aryl methyl sites for hydroxylation is 1. The monoisotopic (exact) mass is 464 g/mol. The molecule has 5 rings (SSSR count). The zero-order chi connectivity index (χ0) is 24.5. The average Bonchev–Trinajstić information content (AvgIpc) is 3.48. The van der Waals surface area contributed by atoms with Crippen molar-refractivity contribution in [1.29, 1.82) is 0 Å². The van der Waals surface area contributed by atoms with E-state index in [-0.39, 0.29) is 23.5 Å². The van der Waals surface area contributed by atoms with Crippen molar-refractivity contribution in [2.24, 2.45) is 0 Å². The molecule has 0 spiro atoms. The standard InChI is InChI=1S/C17H18N6O2.C6H5F.C2H6/c1-11-8-19-15-4-5-16(21-23(11)15)22-7-6-12(10-22)20-17(25)14-3-2-13(24)9-18-14;7-6-4-2-1-3-5-6;1-2/h2-5,8-9,12,24H,6-7,10H2,1H3,(H,20,25);1-5H;1-2H3/t12-;;/m0../s1. The first-order chi connectivity index (χ1) is 16.5. The summed E-state index contributed by atoms with van der Waals surface area (Å²) in [5.74, 6) is 0.496. The molecule has 34 heavy (non-hydrogen) atoms. The molecule has 8 nitrogen and oxygen atoms in total. The summed E-state index contributed by atoms with van der Waals surface area (Å²) in [4.78, 5) is 22.6. The van der Waals surface area contributed by atoms with Gasteiger partial charge in [-0.05, 0) is 49.7 Å². The molecule has 0 unspecified atom stereocenters. The van der Waals surface area contributed by atoms with E-state index < -0.39 is 0 Å². The molecule has 3 aromatic heterocycles. The van der Waals surface area contributed by atoms with Gasteiger partial charge in [0.25, 0.3) is 5.91 Å². The van der Waals surface area contributed by atoms with Crippen molar-refractivity contribution in [3.63, 3.8) is 0 Å². The lowest BCUT2D eigenvalue weighted by atomic mass is 10.2. The van der Waals surface area contributed by atoms with Gasteiger partial charge < -0.3 is 15.3 Å². The van der Waals surface area contributed by atoms with Crippen LogP contribution >= 0.6 is 0 Å². The van der Waals surface area contributed by atoms with Crippen molar-refractivity contribution in [3.05, 3.63) is 84.2 Å². The molecule has 1 aliphatic rings. The van der Waals surface area contributed by atoms with Crippen molar-refractivity contribution in [2.45, 2.75) is 33.2 Å². The summed E-state index contributed by atoms with van der Waals surface area (Å²) < 4.78 is 13.7. The third kappa shape index (κ3) is 6.28. The second kappa shape index (κ2) is 11.7. The molecule has 0 aliphatic carbocycles. The lowest BCUT2D eigenvalue weighted by Gasteiger charge is -2.18. The van der Waals surface area contributed by atoms with Crippen molar-refractivity contribution in [3.8, 4) is 5.75 Å². The SMILES string of the molecule is CC.Cc1cnc2ccc(N3CC[C@H](NC(=O)c4ccc(O)cn4)C3)nn12.Fc1ccccc1. The largest absolute Gasteiger partial charge is 0.506 e.